The highest BCUT2D eigenvalue weighted by atomic mass is 16.3. The number of rotatable bonds is 4. The molecule has 0 fully saturated rings. The van der Waals surface area contributed by atoms with Gasteiger partial charge >= 0.3 is 0 Å². The van der Waals surface area contributed by atoms with Gasteiger partial charge in [-0.05, 0) is 22.6 Å². The first-order chi connectivity index (χ1) is 6.86. The molecule has 0 spiro atoms. The van der Waals surface area contributed by atoms with Gasteiger partial charge in [0.1, 0.15) is 5.76 Å². The molecule has 6 nitrogen and oxygen atoms in total. The Hall–Kier alpha value is -1.85. The van der Waals surface area contributed by atoms with Crippen molar-refractivity contribution in [2.24, 2.45) is 7.05 Å². The summed E-state index contributed by atoms with van der Waals surface area (Å²) >= 11 is 0. The summed E-state index contributed by atoms with van der Waals surface area (Å²) in [5.41, 5.74) is 0. The molecule has 1 N–H and O–H groups in total. The number of hydrogen-bond acceptors (Lipinski definition) is 5. The van der Waals surface area contributed by atoms with Crippen LogP contribution in [0.1, 0.15) is 5.76 Å². The number of aromatic nitrogens is 4. The summed E-state index contributed by atoms with van der Waals surface area (Å²) in [6.07, 6.45) is 2.49. The van der Waals surface area contributed by atoms with E-state index in [-0.39, 0.29) is 0 Å². The van der Waals surface area contributed by atoms with E-state index in [9.17, 15) is 0 Å². The molecule has 0 saturated carbocycles. The van der Waals surface area contributed by atoms with Crippen molar-refractivity contribution >= 4 is 5.95 Å². The minimum Gasteiger partial charge on any atom is -0.469 e. The van der Waals surface area contributed by atoms with Crippen molar-refractivity contribution in [3.05, 3.63) is 24.2 Å². The van der Waals surface area contributed by atoms with E-state index in [0.29, 0.717) is 5.95 Å². The maximum absolute atomic E-state index is 5.18. The molecule has 6 heteroatoms. The van der Waals surface area contributed by atoms with Crippen molar-refractivity contribution in [1.82, 2.24) is 20.2 Å². The molecule has 0 atom stereocenters. The van der Waals surface area contributed by atoms with Crippen LogP contribution in [0.25, 0.3) is 0 Å². The lowest BCUT2D eigenvalue weighted by Gasteiger charge is -2.01. The normalized spacial score (nSPS) is 10.4. The first-order valence-corrected chi connectivity index (χ1v) is 4.35. The molecular weight excluding hydrogens is 182 g/mol. The zero-order valence-corrected chi connectivity index (χ0v) is 7.84. The fraction of sp³-hybridized carbons (Fsp3) is 0.375. The van der Waals surface area contributed by atoms with Gasteiger partial charge in [-0.2, -0.15) is 0 Å². The van der Waals surface area contributed by atoms with Crippen molar-refractivity contribution in [1.29, 1.82) is 0 Å². The van der Waals surface area contributed by atoms with E-state index in [1.165, 1.54) is 0 Å². The molecule has 0 amide bonds. The maximum Gasteiger partial charge on any atom is 0.242 e. The number of hydrogen-bond donors (Lipinski definition) is 1. The number of nitrogens with zero attached hydrogens (tertiary/aromatic N) is 4. The van der Waals surface area contributed by atoms with E-state index in [1.54, 1.807) is 18.0 Å². The molecule has 14 heavy (non-hydrogen) atoms. The van der Waals surface area contributed by atoms with Crippen LogP contribution < -0.4 is 5.32 Å². The highest BCUT2D eigenvalue weighted by Gasteiger charge is 2.00. The Morgan fingerprint density at radius 3 is 3.14 bits per heavy atom. The topological polar surface area (TPSA) is 68.8 Å². The fourth-order valence-electron chi connectivity index (χ4n) is 1.13. The number of aryl methyl sites for hydroxylation is 1. The minimum absolute atomic E-state index is 0.663. The first kappa shape index (κ1) is 8.74. The van der Waals surface area contributed by atoms with Crippen molar-refractivity contribution in [3.8, 4) is 0 Å². The van der Waals surface area contributed by atoms with E-state index in [2.05, 4.69) is 20.8 Å². The maximum atomic E-state index is 5.18. The summed E-state index contributed by atoms with van der Waals surface area (Å²) in [6, 6.07) is 3.82. The van der Waals surface area contributed by atoms with E-state index >= 15 is 0 Å². The van der Waals surface area contributed by atoms with E-state index in [0.717, 1.165) is 18.7 Å². The quantitative estimate of drug-likeness (QED) is 0.763. The third-order valence-corrected chi connectivity index (χ3v) is 1.85. The number of anilines is 1. The summed E-state index contributed by atoms with van der Waals surface area (Å²) in [7, 11) is 1.79. The number of tetrazole rings is 1. The zero-order chi connectivity index (χ0) is 9.80. The largest absolute Gasteiger partial charge is 0.469 e. The average molecular weight is 193 g/mol. The van der Waals surface area contributed by atoms with Crippen molar-refractivity contribution < 1.29 is 4.42 Å². The van der Waals surface area contributed by atoms with Gasteiger partial charge in [0.25, 0.3) is 0 Å². The summed E-state index contributed by atoms with van der Waals surface area (Å²) in [6.45, 7) is 0.752. The lowest BCUT2D eigenvalue weighted by atomic mass is 10.3. The summed E-state index contributed by atoms with van der Waals surface area (Å²) < 4.78 is 6.77. The summed E-state index contributed by atoms with van der Waals surface area (Å²) in [4.78, 5) is 0. The Kier molecular flexibility index (Phi) is 2.44. The predicted molar refractivity (Wildman–Crippen MR) is 49.7 cm³/mol. The Balaban J connectivity index is 1.81. The molecule has 0 aliphatic heterocycles. The van der Waals surface area contributed by atoms with Crippen LogP contribution in [-0.4, -0.2) is 26.8 Å². The van der Waals surface area contributed by atoms with Gasteiger partial charge in [0.2, 0.25) is 5.95 Å². The molecule has 0 radical (unpaired) electrons. The smallest absolute Gasteiger partial charge is 0.242 e. The lowest BCUT2D eigenvalue weighted by molar-refractivity contribution is 0.512. The van der Waals surface area contributed by atoms with Gasteiger partial charge in [0, 0.05) is 20.0 Å². The Morgan fingerprint density at radius 2 is 2.50 bits per heavy atom. The Morgan fingerprint density at radius 1 is 1.57 bits per heavy atom. The van der Waals surface area contributed by atoms with E-state index < -0.39 is 0 Å². The molecule has 0 aliphatic carbocycles. The number of furan rings is 1. The lowest BCUT2D eigenvalue weighted by Crippen LogP contribution is -2.09. The van der Waals surface area contributed by atoms with Gasteiger partial charge in [-0.1, -0.05) is 5.10 Å². The van der Waals surface area contributed by atoms with Crippen LogP contribution in [0.15, 0.2) is 22.8 Å². The molecule has 0 aliphatic rings. The molecule has 0 bridgehead atoms. The second-order valence-corrected chi connectivity index (χ2v) is 2.88. The minimum atomic E-state index is 0.663. The Labute approximate surface area is 80.9 Å². The molecule has 0 saturated heterocycles. The molecule has 2 aromatic heterocycles. The monoisotopic (exact) mass is 193 g/mol. The second kappa shape index (κ2) is 3.91. The van der Waals surface area contributed by atoms with Crippen LogP contribution in [0.4, 0.5) is 5.95 Å². The first-order valence-electron chi connectivity index (χ1n) is 4.35. The molecule has 74 valence electrons. The van der Waals surface area contributed by atoms with Crippen LogP contribution in [0.3, 0.4) is 0 Å². The standard InChI is InChI=1S/C8H11N5O/c1-13-8(10-11-12-13)9-5-4-7-3-2-6-14-7/h2-3,6H,4-5H2,1H3,(H,9,10,12). The highest BCUT2D eigenvalue weighted by molar-refractivity contribution is 5.21. The van der Waals surface area contributed by atoms with Crippen molar-refractivity contribution in [2.45, 2.75) is 6.42 Å². The summed E-state index contributed by atoms with van der Waals surface area (Å²) in [5.74, 6) is 1.61. The summed E-state index contributed by atoms with van der Waals surface area (Å²) in [5, 5.41) is 14.1. The molecule has 2 heterocycles. The van der Waals surface area contributed by atoms with Gasteiger partial charge < -0.3 is 9.73 Å². The molecule has 0 unspecified atom stereocenters. The SMILES string of the molecule is Cn1nnnc1NCCc1ccco1. The van der Waals surface area contributed by atoms with Crippen LogP contribution >= 0.6 is 0 Å². The average Bonchev–Trinajstić information content (AvgIpc) is 2.78. The predicted octanol–water partition coefficient (Wildman–Crippen LogP) is 0.458. The van der Waals surface area contributed by atoms with Crippen LogP contribution in [0.2, 0.25) is 0 Å². The van der Waals surface area contributed by atoms with Crippen molar-refractivity contribution in [3.63, 3.8) is 0 Å². The van der Waals surface area contributed by atoms with Crippen LogP contribution in [-0.2, 0) is 13.5 Å². The van der Waals surface area contributed by atoms with Gasteiger partial charge in [-0.3, -0.25) is 0 Å². The highest BCUT2D eigenvalue weighted by Crippen LogP contribution is 2.01. The van der Waals surface area contributed by atoms with E-state index in [1.807, 2.05) is 12.1 Å². The molecule has 2 aromatic rings. The van der Waals surface area contributed by atoms with Crippen LogP contribution in [0, 0.1) is 0 Å². The zero-order valence-electron chi connectivity index (χ0n) is 7.84. The van der Waals surface area contributed by atoms with Crippen molar-refractivity contribution in [2.75, 3.05) is 11.9 Å². The van der Waals surface area contributed by atoms with Gasteiger partial charge in [0.05, 0.1) is 6.26 Å². The Bertz CT molecular complexity index is 380. The van der Waals surface area contributed by atoms with Crippen LogP contribution in [0.5, 0.6) is 0 Å². The third-order valence-electron chi connectivity index (χ3n) is 1.85. The molecular formula is C8H11N5O. The number of nitrogens with one attached hydrogen (secondary N) is 1. The fourth-order valence-corrected chi connectivity index (χ4v) is 1.13. The second-order valence-electron chi connectivity index (χ2n) is 2.88. The molecule has 2 rings (SSSR count). The molecule has 0 aromatic carbocycles. The third kappa shape index (κ3) is 1.90. The van der Waals surface area contributed by atoms with Gasteiger partial charge in [-0.25, -0.2) is 4.68 Å². The van der Waals surface area contributed by atoms with Gasteiger partial charge in [0.15, 0.2) is 0 Å². The van der Waals surface area contributed by atoms with E-state index in [4.69, 9.17) is 4.42 Å². The van der Waals surface area contributed by atoms with Gasteiger partial charge in [-0.15, -0.1) is 0 Å².